The van der Waals surface area contributed by atoms with E-state index in [9.17, 15) is 18.0 Å². The number of carbonyl (C=O) groups is 2. The molecule has 0 fully saturated rings. The second-order valence-electron chi connectivity index (χ2n) is 9.53. The molecule has 0 spiro atoms. The molecule has 1 N–H and O–H groups in total. The molecular weight excluding hydrogens is 566 g/mol. The highest BCUT2D eigenvalue weighted by atomic mass is 35.5. The van der Waals surface area contributed by atoms with Gasteiger partial charge in [-0.3, -0.25) is 13.9 Å². The first-order valence-electron chi connectivity index (χ1n) is 13.1. The summed E-state index contributed by atoms with van der Waals surface area (Å²) in [5.74, 6) is 0.228. The summed E-state index contributed by atoms with van der Waals surface area (Å²) >= 11 is 6.21. The Morgan fingerprint density at radius 2 is 1.51 bits per heavy atom. The average Bonchev–Trinajstić information content (AvgIpc) is 2.98. The van der Waals surface area contributed by atoms with Crippen molar-refractivity contribution in [2.75, 3.05) is 25.1 Å². The van der Waals surface area contributed by atoms with E-state index in [-0.39, 0.29) is 29.1 Å². The number of sulfonamides is 1. The Hall–Kier alpha value is -3.76. The van der Waals surface area contributed by atoms with Gasteiger partial charge in [0.25, 0.3) is 10.0 Å². The van der Waals surface area contributed by atoms with Crippen molar-refractivity contribution in [3.05, 3.63) is 83.4 Å². The van der Waals surface area contributed by atoms with E-state index in [0.29, 0.717) is 22.9 Å². The molecule has 3 aromatic carbocycles. The topological polar surface area (TPSA) is 105 Å². The maximum atomic E-state index is 14.0. The number of amides is 2. The molecule has 0 saturated heterocycles. The molecule has 0 aliphatic carbocycles. The molecule has 41 heavy (non-hydrogen) atoms. The Balaban J connectivity index is 2.02. The highest BCUT2D eigenvalue weighted by Gasteiger charge is 2.33. The lowest BCUT2D eigenvalue weighted by atomic mass is 10.1. The van der Waals surface area contributed by atoms with E-state index < -0.39 is 28.5 Å². The van der Waals surface area contributed by atoms with Gasteiger partial charge in [0.15, 0.2) is 0 Å². The molecule has 2 atom stereocenters. The van der Waals surface area contributed by atoms with Gasteiger partial charge < -0.3 is 19.7 Å². The Morgan fingerprint density at radius 1 is 0.927 bits per heavy atom. The van der Waals surface area contributed by atoms with Gasteiger partial charge >= 0.3 is 0 Å². The minimum absolute atomic E-state index is 0.0321. The molecule has 0 aromatic heterocycles. The number of carbonyl (C=O) groups excluding carboxylic acids is 2. The number of nitrogens with one attached hydrogen (secondary N) is 1. The third-order valence-electron chi connectivity index (χ3n) is 6.70. The van der Waals surface area contributed by atoms with Gasteiger partial charge in [-0.25, -0.2) is 8.42 Å². The molecule has 9 nitrogen and oxygen atoms in total. The Morgan fingerprint density at radius 3 is 2.05 bits per heavy atom. The number of rotatable bonds is 13. The molecule has 11 heteroatoms. The molecule has 0 radical (unpaired) electrons. The number of halogens is 1. The van der Waals surface area contributed by atoms with Crippen molar-refractivity contribution in [1.29, 1.82) is 0 Å². The van der Waals surface area contributed by atoms with Gasteiger partial charge in [0.2, 0.25) is 11.8 Å². The van der Waals surface area contributed by atoms with Crippen molar-refractivity contribution in [3.8, 4) is 11.5 Å². The van der Waals surface area contributed by atoms with Crippen LogP contribution < -0.4 is 19.1 Å². The number of anilines is 1. The van der Waals surface area contributed by atoms with E-state index in [2.05, 4.69) is 5.32 Å². The Labute approximate surface area is 247 Å². The molecule has 0 saturated carbocycles. The summed E-state index contributed by atoms with van der Waals surface area (Å²) in [6, 6.07) is 18.3. The maximum absolute atomic E-state index is 14.0. The second-order valence-corrected chi connectivity index (χ2v) is 11.8. The molecule has 3 aromatic rings. The van der Waals surface area contributed by atoms with E-state index in [1.807, 2.05) is 13.8 Å². The highest BCUT2D eigenvalue weighted by molar-refractivity contribution is 7.92. The van der Waals surface area contributed by atoms with Gasteiger partial charge in [-0.15, -0.1) is 0 Å². The molecule has 0 aliphatic heterocycles. The van der Waals surface area contributed by atoms with Gasteiger partial charge in [0.05, 0.1) is 24.8 Å². The Kier molecular flexibility index (Phi) is 11.0. The van der Waals surface area contributed by atoms with Crippen LogP contribution in [0.2, 0.25) is 5.02 Å². The molecule has 0 heterocycles. The Bertz CT molecular complexity index is 1430. The smallest absolute Gasteiger partial charge is 0.264 e. The lowest BCUT2D eigenvalue weighted by Crippen LogP contribution is -2.52. The SMILES string of the molecule is CC[C@@H](C)NC(=O)[C@H](C)N(Cc1ccc(OC)cc1)C(=O)CN(c1cccc(Cl)c1)S(=O)(=O)c1ccc(OC)cc1. The fourth-order valence-corrected chi connectivity index (χ4v) is 5.60. The normalized spacial score (nSPS) is 12.6. The minimum Gasteiger partial charge on any atom is -0.497 e. The van der Waals surface area contributed by atoms with Crippen LogP contribution in [-0.2, 0) is 26.2 Å². The van der Waals surface area contributed by atoms with Crippen LogP contribution in [0.3, 0.4) is 0 Å². The van der Waals surface area contributed by atoms with Crippen LogP contribution in [0.25, 0.3) is 0 Å². The summed E-state index contributed by atoms with van der Waals surface area (Å²) in [6.07, 6.45) is 0.716. The van der Waals surface area contributed by atoms with Crippen molar-refractivity contribution in [2.45, 2.75) is 50.7 Å². The molecule has 220 valence electrons. The maximum Gasteiger partial charge on any atom is 0.264 e. The van der Waals surface area contributed by atoms with Crippen molar-refractivity contribution in [1.82, 2.24) is 10.2 Å². The third kappa shape index (κ3) is 8.14. The predicted octanol–water partition coefficient (Wildman–Crippen LogP) is 4.88. The van der Waals surface area contributed by atoms with Crippen molar-refractivity contribution >= 4 is 39.1 Å². The van der Waals surface area contributed by atoms with Crippen LogP contribution >= 0.6 is 11.6 Å². The molecule has 0 unspecified atom stereocenters. The van der Waals surface area contributed by atoms with Gasteiger partial charge in [-0.1, -0.05) is 36.7 Å². The first kappa shape index (κ1) is 31.8. The molecule has 0 aliphatic rings. The second kappa shape index (κ2) is 14.2. The number of methoxy groups -OCH3 is 2. The lowest BCUT2D eigenvalue weighted by molar-refractivity contribution is -0.139. The summed E-state index contributed by atoms with van der Waals surface area (Å²) in [6.45, 7) is 4.96. The molecular formula is C30H36ClN3O6S. The van der Waals surface area contributed by atoms with Crippen LogP contribution in [0.1, 0.15) is 32.8 Å². The van der Waals surface area contributed by atoms with Crippen LogP contribution in [0.15, 0.2) is 77.7 Å². The number of hydrogen-bond donors (Lipinski definition) is 1. The summed E-state index contributed by atoms with van der Waals surface area (Å²) in [7, 11) is -1.18. The zero-order valence-electron chi connectivity index (χ0n) is 23.8. The number of ether oxygens (including phenoxy) is 2. The quantitative estimate of drug-likeness (QED) is 0.299. The van der Waals surface area contributed by atoms with Crippen molar-refractivity contribution in [3.63, 3.8) is 0 Å². The van der Waals surface area contributed by atoms with Gasteiger partial charge in [0.1, 0.15) is 24.1 Å². The standard InChI is InChI=1S/C30H36ClN3O6S/c1-6-21(2)32-30(36)22(3)33(19-23-10-12-26(39-4)13-11-23)29(35)20-34(25-9-7-8-24(31)18-25)41(37,38)28-16-14-27(40-5)15-17-28/h7-18,21-22H,6,19-20H2,1-5H3,(H,32,36)/t21-,22+/m1/s1. The summed E-state index contributed by atoms with van der Waals surface area (Å²) in [5.41, 5.74) is 0.956. The summed E-state index contributed by atoms with van der Waals surface area (Å²) < 4.78 is 39.2. The van der Waals surface area contributed by atoms with E-state index in [1.165, 1.54) is 42.3 Å². The van der Waals surface area contributed by atoms with E-state index in [0.717, 1.165) is 9.87 Å². The lowest BCUT2D eigenvalue weighted by Gasteiger charge is -2.32. The zero-order valence-corrected chi connectivity index (χ0v) is 25.4. The number of nitrogens with zero attached hydrogens (tertiary/aromatic N) is 2. The zero-order chi connectivity index (χ0) is 30.2. The molecule has 3 rings (SSSR count). The van der Waals surface area contributed by atoms with Gasteiger partial charge in [0, 0.05) is 17.6 Å². The highest BCUT2D eigenvalue weighted by Crippen LogP contribution is 2.28. The number of hydrogen-bond acceptors (Lipinski definition) is 6. The van der Waals surface area contributed by atoms with Crippen LogP contribution in [0.5, 0.6) is 11.5 Å². The fraction of sp³-hybridized carbons (Fsp3) is 0.333. The first-order chi connectivity index (χ1) is 19.5. The summed E-state index contributed by atoms with van der Waals surface area (Å²) in [4.78, 5) is 28.5. The van der Waals surface area contributed by atoms with Crippen molar-refractivity contribution < 1.29 is 27.5 Å². The van der Waals surface area contributed by atoms with E-state index >= 15 is 0 Å². The largest absolute Gasteiger partial charge is 0.497 e. The summed E-state index contributed by atoms with van der Waals surface area (Å²) in [5, 5.41) is 3.22. The monoisotopic (exact) mass is 601 g/mol. The van der Waals surface area contributed by atoms with Crippen LogP contribution in [-0.4, -0.2) is 58.0 Å². The average molecular weight is 602 g/mol. The first-order valence-corrected chi connectivity index (χ1v) is 15.0. The van der Waals surface area contributed by atoms with Crippen LogP contribution in [0.4, 0.5) is 5.69 Å². The third-order valence-corrected chi connectivity index (χ3v) is 8.73. The predicted molar refractivity (Wildman–Crippen MR) is 160 cm³/mol. The minimum atomic E-state index is -4.22. The number of benzene rings is 3. The van der Waals surface area contributed by atoms with Gasteiger partial charge in [-0.05, 0) is 80.4 Å². The van der Waals surface area contributed by atoms with E-state index in [1.54, 1.807) is 56.5 Å². The van der Waals surface area contributed by atoms with Crippen molar-refractivity contribution in [2.24, 2.45) is 0 Å². The molecule has 2 amide bonds. The van der Waals surface area contributed by atoms with E-state index in [4.69, 9.17) is 21.1 Å². The van der Waals surface area contributed by atoms with Crippen LogP contribution in [0, 0.1) is 0 Å². The molecule has 0 bridgehead atoms. The fourth-order valence-electron chi connectivity index (χ4n) is 4.01. The van der Waals surface area contributed by atoms with Gasteiger partial charge in [-0.2, -0.15) is 0 Å².